The zero-order chi connectivity index (χ0) is 4.12. The van der Waals surface area contributed by atoms with E-state index in [4.69, 9.17) is 0 Å². The van der Waals surface area contributed by atoms with Crippen molar-refractivity contribution < 1.29 is 32.7 Å². The molecule has 0 bridgehead atoms. The van der Waals surface area contributed by atoms with Crippen molar-refractivity contribution in [3.05, 3.63) is 12.2 Å². The molecule has 1 radical (unpaired) electrons. The van der Waals surface area contributed by atoms with Crippen LogP contribution in [0.25, 0.3) is 0 Å². The Bertz CT molecular complexity index is 30.9. The third-order valence-corrected chi connectivity index (χ3v) is 0.471. The van der Waals surface area contributed by atoms with Crippen molar-refractivity contribution in [2.24, 2.45) is 0 Å². The quantitative estimate of drug-likeness (QED) is 0.513. The SMILES string of the molecule is C/C=C\CC.[Y]. The van der Waals surface area contributed by atoms with Crippen molar-refractivity contribution in [3.63, 3.8) is 0 Å². The van der Waals surface area contributed by atoms with Crippen LogP contribution in [0.3, 0.4) is 0 Å². The van der Waals surface area contributed by atoms with Crippen LogP contribution in [0, 0.1) is 0 Å². The van der Waals surface area contributed by atoms with Gasteiger partial charge in [0.15, 0.2) is 0 Å². The molecule has 0 aliphatic heterocycles. The first-order valence-electron chi connectivity index (χ1n) is 2.03. The van der Waals surface area contributed by atoms with Gasteiger partial charge in [0.25, 0.3) is 0 Å². The smallest absolute Gasteiger partial charge is 0 e. The van der Waals surface area contributed by atoms with Gasteiger partial charge in [-0.1, -0.05) is 19.1 Å². The summed E-state index contributed by atoms with van der Waals surface area (Å²) in [7, 11) is 0. The van der Waals surface area contributed by atoms with Crippen LogP contribution in [0.1, 0.15) is 20.3 Å². The second kappa shape index (κ2) is 9.28. The second-order valence-electron chi connectivity index (χ2n) is 0.977. The van der Waals surface area contributed by atoms with Crippen LogP contribution in [0.15, 0.2) is 12.2 Å². The molecule has 0 fully saturated rings. The summed E-state index contributed by atoms with van der Waals surface area (Å²) in [5.41, 5.74) is 0. The molecular weight excluding hydrogens is 149 g/mol. The van der Waals surface area contributed by atoms with Gasteiger partial charge in [-0.05, 0) is 13.3 Å². The largest absolute Gasteiger partial charge is 0.0917 e. The fraction of sp³-hybridized carbons (Fsp3) is 0.600. The molecule has 0 amide bonds. The number of hydrogen-bond acceptors (Lipinski definition) is 0. The van der Waals surface area contributed by atoms with Gasteiger partial charge in [-0.25, -0.2) is 0 Å². The van der Waals surface area contributed by atoms with Crippen molar-refractivity contribution in [3.8, 4) is 0 Å². The van der Waals surface area contributed by atoms with Crippen molar-refractivity contribution in [2.45, 2.75) is 20.3 Å². The first-order valence-corrected chi connectivity index (χ1v) is 2.03. The van der Waals surface area contributed by atoms with Gasteiger partial charge in [-0.15, -0.1) is 0 Å². The fourth-order valence-corrected chi connectivity index (χ4v) is 0.236. The van der Waals surface area contributed by atoms with E-state index in [2.05, 4.69) is 19.1 Å². The maximum atomic E-state index is 2.12. The summed E-state index contributed by atoms with van der Waals surface area (Å²) in [5, 5.41) is 0. The van der Waals surface area contributed by atoms with Gasteiger partial charge in [0.05, 0.1) is 0 Å². The molecule has 0 heterocycles. The molecule has 0 saturated carbocycles. The third-order valence-electron chi connectivity index (χ3n) is 0.471. The van der Waals surface area contributed by atoms with Crippen LogP contribution >= 0.6 is 0 Å². The van der Waals surface area contributed by atoms with Gasteiger partial charge in [0, 0.05) is 32.7 Å². The summed E-state index contributed by atoms with van der Waals surface area (Å²) in [4.78, 5) is 0. The van der Waals surface area contributed by atoms with Crippen LogP contribution in [0.2, 0.25) is 0 Å². The molecule has 6 heavy (non-hydrogen) atoms. The Morgan fingerprint density at radius 2 is 2.00 bits per heavy atom. The Hall–Kier alpha value is 0.844. The van der Waals surface area contributed by atoms with E-state index in [1.807, 2.05) is 6.92 Å². The molecule has 0 aliphatic carbocycles. The number of hydrogen-bond donors (Lipinski definition) is 0. The average Bonchev–Trinajstić information content (AvgIpc) is 1.41. The van der Waals surface area contributed by atoms with Gasteiger partial charge in [0.1, 0.15) is 0 Å². The van der Waals surface area contributed by atoms with Crippen LogP contribution in [-0.4, -0.2) is 0 Å². The van der Waals surface area contributed by atoms with Crippen molar-refractivity contribution in [1.29, 1.82) is 0 Å². The summed E-state index contributed by atoms with van der Waals surface area (Å²) in [6, 6.07) is 0. The molecule has 0 spiro atoms. The molecule has 1 heteroatoms. The van der Waals surface area contributed by atoms with E-state index in [9.17, 15) is 0 Å². The minimum absolute atomic E-state index is 0. The summed E-state index contributed by atoms with van der Waals surface area (Å²) < 4.78 is 0. The van der Waals surface area contributed by atoms with Crippen LogP contribution < -0.4 is 0 Å². The second-order valence-corrected chi connectivity index (χ2v) is 0.977. The minimum atomic E-state index is 0. The summed E-state index contributed by atoms with van der Waals surface area (Å²) >= 11 is 0. The molecule has 33 valence electrons. The molecule has 0 aliphatic rings. The van der Waals surface area contributed by atoms with Crippen LogP contribution in [-0.2, 0) is 32.7 Å². The Morgan fingerprint density at radius 1 is 1.50 bits per heavy atom. The Balaban J connectivity index is 0. The topological polar surface area (TPSA) is 0 Å². The van der Waals surface area contributed by atoms with E-state index in [0.717, 1.165) is 6.42 Å². The molecule has 0 aromatic heterocycles. The van der Waals surface area contributed by atoms with Gasteiger partial charge in [-0.3, -0.25) is 0 Å². The molecule has 0 saturated heterocycles. The molecule has 0 aromatic carbocycles. The zero-order valence-electron chi connectivity index (χ0n) is 4.44. The minimum Gasteiger partial charge on any atom is -0.0917 e. The van der Waals surface area contributed by atoms with Crippen molar-refractivity contribution >= 4 is 0 Å². The molecule has 0 atom stereocenters. The maximum absolute atomic E-state index is 2.12. The summed E-state index contributed by atoms with van der Waals surface area (Å²) in [5.74, 6) is 0. The molecule has 0 rings (SSSR count). The van der Waals surface area contributed by atoms with Gasteiger partial charge in [0.2, 0.25) is 0 Å². The standard InChI is InChI=1S/C5H10.Y/c1-3-5-4-2;/h3,5H,4H2,1-2H3;/b5-3-;. The summed E-state index contributed by atoms with van der Waals surface area (Å²) in [6.07, 6.45) is 5.34. The van der Waals surface area contributed by atoms with Crippen LogP contribution in [0.5, 0.6) is 0 Å². The number of allylic oxidation sites excluding steroid dienone is 2. The molecular formula is C5H10Y. The van der Waals surface area contributed by atoms with E-state index >= 15 is 0 Å². The third kappa shape index (κ3) is 8.85. The van der Waals surface area contributed by atoms with Crippen molar-refractivity contribution in [1.82, 2.24) is 0 Å². The fourth-order valence-electron chi connectivity index (χ4n) is 0.236. The van der Waals surface area contributed by atoms with Gasteiger partial charge >= 0.3 is 0 Å². The Kier molecular flexibility index (Phi) is 15.4. The number of rotatable bonds is 1. The van der Waals surface area contributed by atoms with E-state index < -0.39 is 0 Å². The Labute approximate surface area is 64.9 Å². The van der Waals surface area contributed by atoms with Gasteiger partial charge in [-0.2, -0.15) is 0 Å². The van der Waals surface area contributed by atoms with Crippen LogP contribution in [0.4, 0.5) is 0 Å². The molecule has 0 aromatic rings. The maximum Gasteiger partial charge on any atom is 0 e. The normalized spacial score (nSPS) is 8.33. The molecule has 0 unspecified atom stereocenters. The van der Waals surface area contributed by atoms with E-state index in [-0.39, 0.29) is 32.7 Å². The monoisotopic (exact) mass is 159 g/mol. The molecule has 0 nitrogen and oxygen atoms in total. The average molecular weight is 159 g/mol. The molecule has 0 N–H and O–H groups in total. The van der Waals surface area contributed by atoms with Crippen molar-refractivity contribution in [2.75, 3.05) is 0 Å². The predicted octanol–water partition coefficient (Wildman–Crippen LogP) is 1.97. The predicted molar refractivity (Wildman–Crippen MR) is 25.1 cm³/mol. The van der Waals surface area contributed by atoms with E-state index in [0.29, 0.717) is 0 Å². The first-order chi connectivity index (χ1) is 2.41. The Morgan fingerprint density at radius 3 is 2.00 bits per heavy atom. The van der Waals surface area contributed by atoms with E-state index in [1.54, 1.807) is 0 Å². The van der Waals surface area contributed by atoms with E-state index in [1.165, 1.54) is 0 Å². The first kappa shape index (κ1) is 9.96. The zero-order valence-corrected chi connectivity index (χ0v) is 7.28. The van der Waals surface area contributed by atoms with Gasteiger partial charge < -0.3 is 0 Å². The summed E-state index contributed by atoms with van der Waals surface area (Å²) in [6.45, 7) is 4.16.